The van der Waals surface area contributed by atoms with E-state index in [9.17, 15) is 17.6 Å². The average molecular weight is 489 g/mol. The van der Waals surface area contributed by atoms with Crippen LogP contribution < -0.4 is 4.90 Å². The second-order valence-electron chi connectivity index (χ2n) is 9.03. The number of hydrogen-bond acceptors (Lipinski definition) is 6. The second kappa shape index (κ2) is 10.4. The molecular weight excluding hydrogens is 455 g/mol. The van der Waals surface area contributed by atoms with Crippen molar-refractivity contribution < 1.29 is 17.6 Å². The van der Waals surface area contributed by atoms with Gasteiger partial charge in [0.15, 0.2) is 0 Å². The smallest absolute Gasteiger partial charge is 0.226 e. The quantitative estimate of drug-likeness (QED) is 0.652. The molecule has 3 aliphatic rings. The summed E-state index contributed by atoms with van der Waals surface area (Å²) in [4.78, 5) is 26.2. The molecule has 9 heteroatoms. The van der Waals surface area contributed by atoms with E-state index in [0.29, 0.717) is 49.9 Å². The summed E-state index contributed by atoms with van der Waals surface area (Å²) in [7, 11) is -3.06. The second-order valence-corrected chi connectivity index (χ2v) is 11.3. The average Bonchev–Trinajstić information content (AvgIpc) is 3.71. The standard InChI is InChI=1S/C23H27FN4O3S.C2H6/c24-20-4-2-1-3-19(20)21-15-27(23-25-13-18(14-26-23)16-5-6-16)9-10-28(21)22(29)17-7-11-32(30,31)12-8-17;1-2/h1-4,13-14,16-17,21H,5-12,15H2;1-2H3. The highest BCUT2D eigenvalue weighted by Crippen LogP contribution is 2.39. The molecule has 184 valence electrons. The first-order chi connectivity index (χ1) is 16.4. The first-order valence-corrected chi connectivity index (χ1v) is 14.1. The fourth-order valence-electron chi connectivity index (χ4n) is 4.73. The molecule has 1 atom stereocenters. The van der Waals surface area contributed by atoms with E-state index in [-0.39, 0.29) is 29.1 Å². The number of aromatic nitrogens is 2. The zero-order valence-corrected chi connectivity index (χ0v) is 20.7. The van der Waals surface area contributed by atoms with E-state index in [0.717, 1.165) is 5.56 Å². The maximum Gasteiger partial charge on any atom is 0.226 e. The minimum Gasteiger partial charge on any atom is -0.337 e. The highest BCUT2D eigenvalue weighted by Gasteiger charge is 2.38. The van der Waals surface area contributed by atoms with Crippen molar-refractivity contribution in [3.8, 4) is 0 Å². The van der Waals surface area contributed by atoms with E-state index in [4.69, 9.17) is 0 Å². The summed E-state index contributed by atoms with van der Waals surface area (Å²) in [6.45, 7) is 5.35. The number of sulfone groups is 1. The van der Waals surface area contributed by atoms with Gasteiger partial charge in [-0.1, -0.05) is 32.0 Å². The van der Waals surface area contributed by atoms with Crippen LogP contribution >= 0.6 is 0 Å². The van der Waals surface area contributed by atoms with E-state index in [2.05, 4.69) is 9.97 Å². The lowest BCUT2D eigenvalue weighted by molar-refractivity contribution is -0.139. The molecule has 1 aromatic heterocycles. The van der Waals surface area contributed by atoms with Crippen molar-refractivity contribution in [2.75, 3.05) is 36.0 Å². The zero-order chi connectivity index (χ0) is 24.3. The fourth-order valence-corrected chi connectivity index (χ4v) is 6.22. The van der Waals surface area contributed by atoms with E-state index in [1.165, 1.54) is 18.9 Å². The van der Waals surface area contributed by atoms with Crippen molar-refractivity contribution in [1.29, 1.82) is 0 Å². The molecule has 1 amide bonds. The molecule has 1 aliphatic carbocycles. The summed E-state index contributed by atoms with van der Waals surface area (Å²) in [5, 5.41) is 0. The van der Waals surface area contributed by atoms with Gasteiger partial charge in [0, 0.05) is 43.5 Å². The molecule has 1 aromatic carbocycles. The molecule has 0 bridgehead atoms. The molecule has 3 heterocycles. The molecule has 0 spiro atoms. The predicted molar refractivity (Wildman–Crippen MR) is 130 cm³/mol. The van der Waals surface area contributed by atoms with Crippen molar-refractivity contribution in [2.24, 2.45) is 5.92 Å². The molecule has 34 heavy (non-hydrogen) atoms. The van der Waals surface area contributed by atoms with Crippen molar-refractivity contribution in [3.05, 3.63) is 53.6 Å². The largest absolute Gasteiger partial charge is 0.337 e. The van der Waals surface area contributed by atoms with Crippen molar-refractivity contribution >= 4 is 21.7 Å². The number of piperazine rings is 1. The summed E-state index contributed by atoms with van der Waals surface area (Å²) < 4.78 is 38.4. The lowest BCUT2D eigenvalue weighted by atomic mass is 9.96. The zero-order valence-electron chi connectivity index (χ0n) is 19.9. The highest BCUT2D eigenvalue weighted by molar-refractivity contribution is 7.91. The molecule has 1 saturated carbocycles. The fraction of sp³-hybridized carbons (Fsp3) is 0.560. The summed E-state index contributed by atoms with van der Waals surface area (Å²) >= 11 is 0. The van der Waals surface area contributed by atoms with Gasteiger partial charge >= 0.3 is 0 Å². The van der Waals surface area contributed by atoms with Crippen LogP contribution in [0.1, 0.15) is 62.6 Å². The van der Waals surface area contributed by atoms with Gasteiger partial charge in [0.05, 0.1) is 17.5 Å². The number of nitrogens with zero attached hydrogens (tertiary/aromatic N) is 4. The molecule has 2 aromatic rings. The molecule has 2 aliphatic heterocycles. The third kappa shape index (κ3) is 5.40. The number of hydrogen-bond donors (Lipinski definition) is 0. The first kappa shape index (κ1) is 24.6. The lowest BCUT2D eigenvalue weighted by Gasteiger charge is -2.43. The number of carbonyl (C=O) groups excluding carboxylic acids is 1. The third-order valence-corrected chi connectivity index (χ3v) is 8.54. The van der Waals surface area contributed by atoms with Crippen molar-refractivity contribution in [2.45, 2.75) is 51.5 Å². The molecule has 5 rings (SSSR count). The minimum atomic E-state index is -3.06. The normalized spacial score (nSPS) is 22.6. The highest BCUT2D eigenvalue weighted by atomic mass is 32.2. The number of amides is 1. The Morgan fingerprint density at radius 1 is 1.00 bits per heavy atom. The first-order valence-electron chi connectivity index (χ1n) is 12.2. The van der Waals surface area contributed by atoms with Gasteiger partial charge in [0.2, 0.25) is 11.9 Å². The molecule has 0 radical (unpaired) electrons. The van der Waals surface area contributed by atoms with E-state index >= 15 is 0 Å². The molecular formula is C25H33FN4O3S. The van der Waals surface area contributed by atoms with Crippen LogP contribution in [0.15, 0.2) is 36.7 Å². The number of anilines is 1. The molecule has 2 saturated heterocycles. The number of halogens is 1. The Hall–Kier alpha value is -2.55. The SMILES string of the molecule is CC.O=C(C1CCS(=O)(=O)CC1)N1CCN(c2ncc(C3CC3)cn2)CC1c1ccccc1F. The Balaban J connectivity index is 0.00000133. The lowest BCUT2D eigenvalue weighted by Crippen LogP contribution is -2.53. The Labute approximate surface area is 201 Å². The Morgan fingerprint density at radius 2 is 1.65 bits per heavy atom. The van der Waals surface area contributed by atoms with Crippen LogP contribution in [0, 0.1) is 11.7 Å². The number of rotatable bonds is 4. The van der Waals surface area contributed by atoms with Crippen LogP contribution in [0.3, 0.4) is 0 Å². The predicted octanol–water partition coefficient (Wildman–Crippen LogP) is 3.73. The van der Waals surface area contributed by atoms with Crippen LogP contribution in [0.2, 0.25) is 0 Å². The maximum absolute atomic E-state index is 14.8. The number of carbonyl (C=O) groups is 1. The van der Waals surface area contributed by atoms with Gasteiger partial charge in [-0.15, -0.1) is 0 Å². The molecule has 0 N–H and O–H groups in total. The molecule has 7 nitrogen and oxygen atoms in total. The maximum atomic E-state index is 14.8. The molecule has 1 unspecified atom stereocenters. The minimum absolute atomic E-state index is 0.0366. The van der Waals surface area contributed by atoms with Crippen LogP contribution in [-0.4, -0.2) is 60.3 Å². The third-order valence-electron chi connectivity index (χ3n) is 6.82. The monoisotopic (exact) mass is 488 g/mol. The Kier molecular flexibility index (Phi) is 7.50. The van der Waals surface area contributed by atoms with Gasteiger partial charge < -0.3 is 9.80 Å². The summed E-state index contributed by atoms with van der Waals surface area (Å²) in [6, 6.07) is 6.05. The summed E-state index contributed by atoms with van der Waals surface area (Å²) in [5.41, 5.74) is 1.61. The molecule has 3 fully saturated rings. The van der Waals surface area contributed by atoms with E-state index < -0.39 is 15.9 Å². The Bertz CT molecular complexity index is 1090. The van der Waals surface area contributed by atoms with Crippen molar-refractivity contribution in [3.63, 3.8) is 0 Å². The van der Waals surface area contributed by atoms with Crippen LogP contribution in [0.4, 0.5) is 10.3 Å². The Morgan fingerprint density at radius 3 is 2.26 bits per heavy atom. The van der Waals surface area contributed by atoms with Gasteiger partial charge in [-0.3, -0.25) is 4.79 Å². The van der Waals surface area contributed by atoms with Crippen LogP contribution in [-0.2, 0) is 14.6 Å². The van der Waals surface area contributed by atoms with Gasteiger partial charge in [-0.05, 0) is 43.2 Å². The van der Waals surface area contributed by atoms with Crippen LogP contribution in [0.5, 0.6) is 0 Å². The van der Waals surface area contributed by atoms with E-state index in [1.54, 1.807) is 23.1 Å². The van der Waals surface area contributed by atoms with Crippen molar-refractivity contribution in [1.82, 2.24) is 14.9 Å². The van der Waals surface area contributed by atoms with Gasteiger partial charge in [-0.25, -0.2) is 22.8 Å². The number of benzene rings is 1. The topological polar surface area (TPSA) is 83.5 Å². The van der Waals surface area contributed by atoms with Gasteiger partial charge in [-0.2, -0.15) is 0 Å². The van der Waals surface area contributed by atoms with Gasteiger partial charge in [0.1, 0.15) is 15.7 Å². The van der Waals surface area contributed by atoms with Crippen LogP contribution in [0.25, 0.3) is 0 Å². The van der Waals surface area contributed by atoms with Gasteiger partial charge in [0.25, 0.3) is 0 Å². The van der Waals surface area contributed by atoms with E-state index in [1.807, 2.05) is 31.1 Å². The summed E-state index contributed by atoms with van der Waals surface area (Å²) in [6.07, 6.45) is 6.77. The summed E-state index contributed by atoms with van der Waals surface area (Å²) in [5.74, 6) is 0.458.